The van der Waals surface area contributed by atoms with Gasteiger partial charge in [0.25, 0.3) is 0 Å². The zero-order valence-corrected chi connectivity index (χ0v) is 13.1. The summed E-state index contributed by atoms with van der Waals surface area (Å²) in [6, 6.07) is 16.6. The molecule has 3 rings (SSSR count). The van der Waals surface area contributed by atoms with E-state index >= 15 is 0 Å². The van der Waals surface area contributed by atoms with Crippen LogP contribution in [0.2, 0.25) is 0 Å². The number of benzene rings is 2. The first-order valence-corrected chi connectivity index (χ1v) is 8.01. The maximum Gasteiger partial charge on any atom is 0.338 e. The smallest absolute Gasteiger partial charge is 0.338 e. The third-order valence-electron chi connectivity index (χ3n) is 3.30. The molecular weight excluding hydrogens is 310 g/mol. The average Bonchev–Trinajstić information content (AvgIpc) is 3.09. The van der Waals surface area contributed by atoms with Crippen molar-refractivity contribution in [2.24, 2.45) is 0 Å². The van der Waals surface area contributed by atoms with Crippen molar-refractivity contribution in [1.82, 2.24) is 4.98 Å². The SMILES string of the molecule is O=C(OCc1csc(-c2ccccc2)n1)c1ccc(CO)cc1. The predicted molar refractivity (Wildman–Crippen MR) is 89.0 cm³/mol. The highest BCUT2D eigenvalue weighted by Crippen LogP contribution is 2.23. The third-order valence-corrected chi connectivity index (χ3v) is 4.24. The molecule has 0 radical (unpaired) electrons. The van der Waals surface area contributed by atoms with Gasteiger partial charge in [-0.1, -0.05) is 42.5 Å². The van der Waals surface area contributed by atoms with E-state index in [-0.39, 0.29) is 13.2 Å². The number of hydrogen-bond donors (Lipinski definition) is 1. The number of aromatic nitrogens is 1. The number of carbonyl (C=O) groups is 1. The quantitative estimate of drug-likeness (QED) is 0.727. The number of carbonyl (C=O) groups excluding carboxylic acids is 1. The number of aliphatic hydroxyl groups excluding tert-OH is 1. The summed E-state index contributed by atoms with van der Waals surface area (Å²) in [5, 5.41) is 11.8. The number of rotatable bonds is 5. The Morgan fingerprint density at radius 2 is 1.83 bits per heavy atom. The van der Waals surface area contributed by atoms with Crippen LogP contribution < -0.4 is 0 Å². The molecule has 1 N–H and O–H groups in total. The van der Waals surface area contributed by atoms with Crippen molar-refractivity contribution >= 4 is 17.3 Å². The van der Waals surface area contributed by atoms with E-state index in [1.165, 1.54) is 11.3 Å². The van der Waals surface area contributed by atoms with Gasteiger partial charge in [0.2, 0.25) is 0 Å². The van der Waals surface area contributed by atoms with Crippen LogP contribution in [0.15, 0.2) is 60.0 Å². The van der Waals surface area contributed by atoms with Crippen LogP contribution in [0.25, 0.3) is 10.6 Å². The summed E-state index contributed by atoms with van der Waals surface area (Å²) in [5.74, 6) is -0.399. The van der Waals surface area contributed by atoms with E-state index in [2.05, 4.69) is 4.98 Å². The average molecular weight is 325 g/mol. The fourth-order valence-corrected chi connectivity index (χ4v) is 2.87. The molecule has 0 aliphatic rings. The zero-order valence-electron chi connectivity index (χ0n) is 12.3. The van der Waals surface area contributed by atoms with Crippen molar-refractivity contribution in [3.05, 3.63) is 76.8 Å². The second-order valence-corrected chi connectivity index (χ2v) is 5.80. The summed E-state index contributed by atoms with van der Waals surface area (Å²) in [6.07, 6.45) is 0. The van der Waals surface area contributed by atoms with Gasteiger partial charge < -0.3 is 9.84 Å². The molecule has 0 fully saturated rings. The molecule has 0 aliphatic heterocycles. The lowest BCUT2D eigenvalue weighted by Gasteiger charge is -2.03. The number of hydrogen-bond acceptors (Lipinski definition) is 5. The molecule has 0 aliphatic carbocycles. The summed E-state index contributed by atoms with van der Waals surface area (Å²) in [5.41, 5.74) is 3.00. The van der Waals surface area contributed by atoms with E-state index in [4.69, 9.17) is 9.84 Å². The lowest BCUT2D eigenvalue weighted by Crippen LogP contribution is -2.05. The van der Waals surface area contributed by atoms with Crippen LogP contribution in [0.3, 0.4) is 0 Å². The van der Waals surface area contributed by atoms with Gasteiger partial charge in [0.15, 0.2) is 0 Å². The zero-order chi connectivity index (χ0) is 16.1. The molecule has 0 spiro atoms. The van der Waals surface area contributed by atoms with E-state index in [1.807, 2.05) is 35.7 Å². The van der Waals surface area contributed by atoms with Gasteiger partial charge in [-0.2, -0.15) is 0 Å². The van der Waals surface area contributed by atoms with Gasteiger partial charge in [0.05, 0.1) is 17.9 Å². The van der Waals surface area contributed by atoms with Crippen molar-refractivity contribution in [1.29, 1.82) is 0 Å². The Morgan fingerprint density at radius 3 is 2.52 bits per heavy atom. The molecule has 0 saturated heterocycles. The molecule has 0 amide bonds. The van der Waals surface area contributed by atoms with Gasteiger partial charge in [-0.3, -0.25) is 0 Å². The molecule has 116 valence electrons. The number of aliphatic hydroxyl groups is 1. The van der Waals surface area contributed by atoms with Crippen LogP contribution in [0, 0.1) is 0 Å². The van der Waals surface area contributed by atoms with Crippen molar-refractivity contribution in [2.45, 2.75) is 13.2 Å². The molecular formula is C18H15NO3S. The summed E-state index contributed by atoms with van der Waals surface area (Å²) in [4.78, 5) is 16.5. The Balaban J connectivity index is 1.62. The first-order valence-electron chi connectivity index (χ1n) is 7.13. The summed E-state index contributed by atoms with van der Waals surface area (Å²) < 4.78 is 5.28. The largest absolute Gasteiger partial charge is 0.456 e. The Morgan fingerprint density at radius 1 is 1.09 bits per heavy atom. The molecule has 2 aromatic carbocycles. The van der Waals surface area contributed by atoms with Crippen molar-refractivity contribution < 1.29 is 14.6 Å². The minimum atomic E-state index is -0.399. The molecule has 4 nitrogen and oxygen atoms in total. The van der Waals surface area contributed by atoms with Gasteiger partial charge in [0, 0.05) is 10.9 Å². The number of ether oxygens (including phenoxy) is 1. The Labute approximate surface area is 138 Å². The van der Waals surface area contributed by atoms with E-state index in [1.54, 1.807) is 24.3 Å². The van der Waals surface area contributed by atoms with Gasteiger partial charge in [0.1, 0.15) is 11.6 Å². The van der Waals surface area contributed by atoms with Crippen molar-refractivity contribution in [3.8, 4) is 10.6 Å². The van der Waals surface area contributed by atoms with Gasteiger partial charge in [-0.25, -0.2) is 9.78 Å². The maximum absolute atomic E-state index is 12.0. The van der Waals surface area contributed by atoms with Gasteiger partial charge >= 0.3 is 5.97 Å². The number of thiazole rings is 1. The van der Waals surface area contributed by atoms with Crippen molar-refractivity contribution in [2.75, 3.05) is 0 Å². The van der Waals surface area contributed by atoms with Crippen LogP contribution >= 0.6 is 11.3 Å². The van der Waals surface area contributed by atoms with E-state index in [0.29, 0.717) is 5.56 Å². The van der Waals surface area contributed by atoms with E-state index < -0.39 is 5.97 Å². The Hall–Kier alpha value is -2.50. The minimum Gasteiger partial charge on any atom is -0.456 e. The van der Waals surface area contributed by atoms with Crippen LogP contribution in [-0.4, -0.2) is 16.1 Å². The lowest BCUT2D eigenvalue weighted by molar-refractivity contribution is 0.0468. The molecule has 0 atom stereocenters. The molecule has 3 aromatic rings. The first-order chi connectivity index (χ1) is 11.3. The van der Waals surface area contributed by atoms with E-state index in [0.717, 1.165) is 21.8 Å². The molecule has 23 heavy (non-hydrogen) atoms. The summed E-state index contributed by atoms with van der Waals surface area (Å²) in [7, 11) is 0. The summed E-state index contributed by atoms with van der Waals surface area (Å²) in [6.45, 7) is 0.0976. The lowest BCUT2D eigenvalue weighted by atomic mass is 10.1. The van der Waals surface area contributed by atoms with Crippen LogP contribution in [-0.2, 0) is 18.0 Å². The van der Waals surface area contributed by atoms with Gasteiger partial charge in [-0.05, 0) is 17.7 Å². The normalized spacial score (nSPS) is 10.5. The minimum absolute atomic E-state index is 0.0452. The molecule has 1 heterocycles. The maximum atomic E-state index is 12.0. The van der Waals surface area contributed by atoms with Crippen LogP contribution in [0.5, 0.6) is 0 Å². The van der Waals surface area contributed by atoms with Crippen LogP contribution in [0.4, 0.5) is 0 Å². The van der Waals surface area contributed by atoms with Gasteiger partial charge in [-0.15, -0.1) is 11.3 Å². The second kappa shape index (κ2) is 7.17. The molecule has 5 heteroatoms. The van der Waals surface area contributed by atoms with E-state index in [9.17, 15) is 4.79 Å². The number of esters is 1. The monoisotopic (exact) mass is 325 g/mol. The van der Waals surface area contributed by atoms with Crippen molar-refractivity contribution in [3.63, 3.8) is 0 Å². The standard InChI is InChI=1S/C18H15NO3S/c20-10-13-6-8-15(9-7-13)18(21)22-11-16-12-23-17(19-16)14-4-2-1-3-5-14/h1-9,12,20H,10-11H2. The fraction of sp³-hybridized carbons (Fsp3) is 0.111. The fourth-order valence-electron chi connectivity index (χ4n) is 2.06. The molecule has 0 saturated carbocycles. The first kappa shape index (κ1) is 15.4. The third kappa shape index (κ3) is 3.83. The highest BCUT2D eigenvalue weighted by Gasteiger charge is 2.10. The highest BCUT2D eigenvalue weighted by molar-refractivity contribution is 7.13. The molecule has 0 bridgehead atoms. The predicted octanol–water partition coefficient (Wildman–Crippen LogP) is 3.66. The summed E-state index contributed by atoms with van der Waals surface area (Å²) >= 11 is 1.52. The Kier molecular flexibility index (Phi) is 4.80. The molecule has 1 aromatic heterocycles. The van der Waals surface area contributed by atoms with Crippen LogP contribution in [0.1, 0.15) is 21.6 Å². The topological polar surface area (TPSA) is 59.4 Å². The highest BCUT2D eigenvalue weighted by atomic mass is 32.1. The number of nitrogens with zero attached hydrogens (tertiary/aromatic N) is 1. The molecule has 0 unspecified atom stereocenters. The Bertz CT molecular complexity index is 782. The second-order valence-electron chi connectivity index (χ2n) is 4.94.